The molecule has 0 aliphatic rings. The van der Waals surface area contributed by atoms with Crippen LogP contribution >= 0.6 is 0 Å². The van der Waals surface area contributed by atoms with Crippen molar-refractivity contribution in [2.75, 3.05) is 5.75 Å². The van der Waals surface area contributed by atoms with Gasteiger partial charge in [0.05, 0.1) is 5.75 Å². The van der Waals surface area contributed by atoms with E-state index in [0.717, 1.165) is 22.9 Å². The van der Waals surface area contributed by atoms with Crippen molar-refractivity contribution in [2.45, 2.75) is 52.1 Å². The zero-order valence-corrected chi connectivity index (χ0v) is 15.8. The van der Waals surface area contributed by atoms with Gasteiger partial charge in [-0.1, -0.05) is 31.5 Å². The molecule has 0 saturated carbocycles. The Balaban J connectivity index is 2.23. The van der Waals surface area contributed by atoms with E-state index in [9.17, 15) is 13.2 Å². The number of H-pyrrole nitrogens is 1. The first kappa shape index (κ1) is 19.5. The van der Waals surface area contributed by atoms with E-state index in [0.29, 0.717) is 12.8 Å². The van der Waals surface area contributed by atoms with Gasteiger partial charge in [-0.3, -0.25) is 4.79 Å². The maximum Gasteiger partial charge on any atom is 0.238 e. The van der Waals surface area contributed by atoms with Crippen LogP contribution in [0.1, 0.15) is 39.2 Å². The number of hydrogen-bond donors (Lipinski definition) is 3. The number of nitrogens with one attached hydrogen (secondary N) is 3. The molecule has 6 nitrogen and oxygen atoms in total. The van der Waals surface area contributed by atoms with E-state index < -0.39 is 16.1 Å². The first-order chi connectivity index (χ1) is 11.8. The van der Waals surface area contributed by atoms with Crippen molar-refractivity contribution < 1.29 is 13.2 Å². The van der Waals surface area contributed by atoms with Crippen LogP contribution in [0.3, 0.4) is 0 Å². The number of aromatic amines is 1. The average Bonchev–Trinajstić information content (AvgIpc) is 2.95. The van der Waals surface area contributed by atoms with Gasteiger partial charge in [-0.25, -0.2) is 13.1 Å². The number of benzene rings is 1. The van der Waals surface area contributed by atoms with Gasteiger partial charge >= 0.3 is 0 Å². The van der Waals surface area contributed by atoms with Crippen LogP contribution in [-0.2, 0) is 21.2 Å². The lowest BCUT2D eigenvalue weighted by Crippen LogP contribution is -2.50. The summed E-state index contributed by atoms with van der Waals surface area (Å²) in [4.78, 5) is 15.7. The highest BCUT2D eigenvalue weighted by atomic mass is 32.2. The van der Waals surface area contributed by atoms with E-state index in [2.05, 4.69) is 15.0 Å². The Morgan fingerprint density at radius 2 is 1.96 bits per heavy atom. The third-order valence-corrected chi connectivity index (χ3v) is 5.40. The van der Waals surface area contributed by atoms with Crippen molar-refractivity contribution in [3.63, 3.8) is 0 Å². The molecule has 3 N–H and O–H groups in total. The molecule has 0 spiro atoms. The number of hydrogen-bond acceptors (Lipinski definition) is 3. The van der Waals surface area contributed by atoms with Gasteiger partial charge in [0.25, 0.3) is 0 Å². The Kier molecular flexibility index (Phi) is 6.61. The number of aromatic nitrogens is 1. The smallest absolute Gasteiger partial charge is 0.238 e. The molecule has 2 rings (SSSR count). The van der Waals surface area contributed by atoms with Crippen LogP contribution in [0.4, 0.5) is 0 Å². The Labute approximate surface area is 149 Å². The molecule has 7 heteroatoms. The topological polar surface area (TPSA) is 91.1 Å². The Bertz CT molecular complexity index is 812. The van der Waals surface area contributed by atoms with Gasteiger partial charge < -0.3 is 10.3 Å². The van der Waals surface area contributed by atoms with Crippen LogP contribution in [0.25, 0.3) is 10.9 Å². The summed E-state index contributed by atoms with van der Waals surface area (Å²) in [6.07, 6.45) is 3.49. The molecule has 1 atom stereocenters. The van der Waals surface area contributed by atoms with Gasteiger partial charge in [-0.15, -0.1) is 0 Å². The molecule has 138 valence electrons. The fraction of sp³-hybridized carbons (Fsp3) is 0.500. The lowest BCUT2D eigenvalue weighted by atomic mass is 10.0. The minimum atomic E-state index is -3.50. The molecule has 0 fully saturated rings. The minimum Gasteiger partial charge on any atom is -0.361 e. The molecule has 0 unspecified atom stereocenters. The number of carbonyl (C=O) groups is 1. The summed E-state index contributed by atoms with van der Waals surface area (Å²) in [5, 5.41) is 3.80. The monoisotopic (exact) mass is 365 g/mol. The Morgan fingerprint density at radius 3 is 2.64 bits per heavy atom. The highest BCUT2D eigenvalue weighted by Crippen LogP contribution is 2.19. The first-order valence-electron chi connectivity index (χ1n) is 8.67. The van der Waals surface area contributed by atoms with E-state index in [1.807, 2.05) is 51.2 Å². The lowest BCUT2D eigenvalue weighted by Gasteiger charge is -2.20. The predicted octanol–water partition coefficient (Wildman–Crippen LogP) is 2.32. The number of fused-ring (bicyclic) bond motifs is 1. The maximum atomic E-state index is 12.5. The third kappa shape index (κ3) is 5.57. The predicted molar refractivity (Wildman–Crippen MR) is 101 cm³/mol. The normalized spacial score (nSPS) is 13.3. The largest absolute Gasteiger partial charge is 0.361 e. The number of unbranched alkanes of at least 4 members (excludes halogenated alkanes) is 1. The molecule has 0 aliphatic heterocycles. The summed E-state index contributed by atoms with van der Waals surface area (Å²) in [6, 6.07) is 6.88. The average molecular weight is 365 g/mol. The fourth-order valence-corrected chi connectivity index (χ4v) is 4.11. The number of rotatable bonds is 9. The van der Waals surface area contributed by atoms with Crippen molar-refractivity contribution in [3.05, 3.63) is 36.0 Å². The SMILES string of the molecule is CCCCS(=O)(=O)N[C@@H](Cc1c[nH]c2ccccc12)C(=O)NC(C)C. The van der Waals surface area contributed by atoms with Crippen LogP contribution in [0.5, 0.6) is 0 Å². The number of sulfonamides is 1. The Morgan fingerprint density at radius 1 is 1.24 bits per heavy atom. The highest BCUT2D eigenvalue weighted by Gasteiger charge is 2.25. The summed E-state index contributed by atoms with van der Waals surface area (Å²) < 4.78 is 27.1. The van der Waals surface area contributed by atoms with Crippen LogP contribution in [0.2, 0.25) is 0 Å². The quantitative estimate of drug-likeness (QED) is 0.637. The van der Waals surface area contributed by atoms with Crippen molar-refractivity contribution >= 4 is 26.8 Å². The van der Waals surface area contributed by atoms with E-state index >= 15 is 0 Å². The van der Waals surface area contributed by atoms with Crippen LogP contribution in [-0.4, -0.2) is 37.1 Å². The maximum absolute atomic E-state index is 12.5. The molecule has 1 heterocycles. The van der Waals surface area contributed by atoms with Gasteiger partial charge in [0.2, 0.25) is 15.9 Å². The van der Waals surface area contributed by atoms with Gasteiger partial charge in [-0.05, 0) is 38.3 Å². The molecule has 2 aromatic rings. The first-order valence-corrected chi connectivity index (χ1v) is 10.3. The van der Waals surface area contributed by atoms with Crippen LogP contribution in [0.15, 0.2) is 30.5 Å². The van der Waals surface area contributed by atoms with Crippen molar-refractivity contribution in [1.29, 1.82) is 0 Å². The second kappa shape index (κ2) is 8.49. The van der Waals surface area contributed by atoms with Crippen molar-refractivity contribution in [2.24, 2.45) is 0 Å². The van der Waals surface area contributed by atoms with Gasteiger partial charge in [0, 0.05) is 23.1 Å². The van der Waals surface area contributed by atoms with Gasteiger partial charge in [0.1, 0.15) is 6.04 Å². The van der Waals surface area contributed by atoms with E-state index in [4.69, 9.17) is 0 Å². The summed E-state index contributed by atoms with van der Waals surface area (Å²) in [5.74, 6) is -0.275. The van der Waals surface area contributed by atoms with Crippen LogP contribution < -0.4 is 10.0 Å². The summed E-state index contributed by atoms with van der Waals surface area (Å²) in [6.45, 7) is 5.64. The van der Waals surface area contributed by atoms with E-state index in [-0.39, 0.29) is 17.7 Å². The standard InChI is InChI=1S/C18H27N3O3S/c1-4-5-10-25(23,24)21-17(18(22)20-13(2)3)11-14-12-19-16-9-7-6-8-15(14)16/h6-9,12-13,17,19,21H,4-5,10-11H2,1-3H3,(H,20,22)/t17-/m0/s1. The molecule has 1 aromatic heterocycles. The number of para-hydroxylation sites is 1. The van der Waals surface area contributed by atoms with Gasteiger partial charge in [0.15, 0.2) is 0 Å². The van der Waals surface area contributed by atoms with Gasteiger partial charge in [-0.2, -0.15) is 0 Å². The molecule has 0 saturated heterocycles. The molecule has 0 aliphatic carbocycles. The second-order valence-corrected chi connectivity index (χ2v) is 8.44. The Hall–Kier alpha value is -1.86. The third-order valence-electron chi connectivity index (χ3n) is 3.93. The summed E-state index contributed by atoms with van der Waals surface area (Å²) in [5.41, 5.74) is 1.88. The zero-order chi connectivity index (χ0) is 18.4. The second-order valence-electron chi connectivity index (χ2n) is 6.57. The molecular formula is C18H27N3O3S. The number of carbonyl (C=O) groups excluding carboxylic acids is 1. The van der Waals surface area contributed by atoms with Crippen molar-refractivity contribution in [1.82, 2.24) is 15.0 Å². The molecule has 0 radical (unpaired) electrons. The summed E-state index contributed by atoms with van der Waals surface area (Å²) >= 11 is 0. The molecule has 0 bridgehead atoms. The van der Waals surface area contributed by atoms with Crippen LogP contribution in [0, 0.1) is 0 Å². The molecular weight excluding hydrogens is 338 g/mol. The van der Waals surface area contributed by atoms with E-state index in [1.165, 1.54) is 0 Å². The number of amides is 1. The molecule has 25 heavy (non-hydrogen) atoms. The van der Waals surface area contributed by atoms with Crippen molar-refractivity contribution in [3.8, 4) is 0 Å². The fourth-order valence-electron chi connectivity index (χ4n) is 2.70. The minimum absolute atomic E-state index is 0.0306. The lowest BCUT2D eigenvalue weighted by molar-refractivity contribution is -0.123. The van der Waals surface area contributed by atoms with E-state index in [1.54, 1.807) is 0 Å². The summed E-state index contributed by atoms with van der Waals surface area (Å²) in [7, 11) is -3.50. The zero-order valence-electron chi connectivity index (χ0n) is 15.0. The molecule has 1 amide bonds. The molecule has 1 aromatic carbocycles. The highest BCUT2D eigenvalue weighted by molar-refractivity contribution is 7.89.